The number of hydrogen-bond acceptors (Lipinski definition) is 6. The maximum atomic E-state index is 11.8. The lowest BCUT2D eigenvalue weighted by Gasteiger charge is -2.05. The van der Waals surface area contributed by atoms with Gasteiger partial charge in [-0.1, -0.05) is 30.0 Å². The number of fused-ring (bicyclic) bond motifs is 1. The Hall–Kier alpha value is -2.64. The molecule has 4 rings (SSSR count). The number of nitrogens with two attached hydrogens (primary N) is 1. The molecule has 0 atom stereocenters. The fraction of sp³-hybridized carbons (Fsp3) is 0.0556. The van der Waals surface area contributed by atoms with Gasteiger partial charge in [-0.3, -0.25) is 9.78 Å². The number of anilines is 1. The highest BCUT2D eigenvalue weighted by Crippen LogP contribution is 2.33. The number of nitrogens with one attached hydrogen (secondary N) is 1. The minimum atomic E-state index is -0.206. The van der Waals surface area contributed by atoms with Crippen molar-refractivity contribution in [2.75, 3.05) is 5.73 Å². The topological polar surface area (TPSA) is 81.2 Å². The molecular formula is C18H13N3O2S2. The summed E-state index contributed by atoms with van der Waals surface area (Å²) in [5.74, 6) is 0.377. The Morgan fingerprint density at radius 3 is 2.88 bits per heavy atom. The van der Waals surface area contributed by atoms with Gasteiger partial charge in [0.1, 0.15) is 15.7 Å². The van der Waals surface area contributed by atoms with Crippen molar-refractivity contribution in [3.8, 4) is 11.1 Å². The molecule has 0 aliphatic carbocycles. The van der Waals surface area contributed by atoms with E-state index < -0.39 is 0 Å². The third-order valence-corrected chi connectivity index (χ3v) is 5.10. The van der Waals surface area contributed by atoms with E-state index in [1.165, 1.54) is 11.8 Å². The van der Waals surface area contributed by atoms with Crippen LogP contribution in [0, 0.1) is 6.92 Å². The third-order valence-electron chi connectivity index (χ3n) is 3.94. The number of amides is 1. The Morgan fingerprint density at radius 1 is 1.32 bits per heavy atom. The van der Waals surface area contributed by atoms with E-state index in [0.29, 0.717) is 15.0 Å². The standard InChI is InChI=1S/C18H13N3O2S2/c1-9-4-10(2-3-14(9)19)13-8-20-7-11-5-12(23-16(11)13)6-15-17(22)21-18(24)25-15/h2-8H,19H2,1H3,(H,21,22,24). The van der Waals surface area contributed by atoms with Gasteiger partial charge in [-0.25, -0.2) is 0 Å². The van der Waals surface area contributed by atoms with E-state index in [0.717, 1.165) is 33.3 Å². The fourth-order valence-corrected chi connectivity index (χ4v) is 3.68. The maximum Gasteiger partial charge on any atom is 0.263 e. The Kier molecular flexibility index (Phi) is 3.82. The zero-order valence-corrected chi connectivity index (χ0v) is 14.8. The van der Waals surface area contributed by atoms with E-state index in [2.05, 4.69) is 10.3 Å². The summed E-state index contributed by atoms with van der Waals surface area (Å²) in [5, 5.41) is 3.46. The molecule has 3 aromatic rings. The molecule has 1 saturated heterocycles. The van der Waals surface area contributed by atoms with Gasteiger partial charge < -0.3 is 15.5 Å². The Labute approximate surface area is 153 Å². The van der Waals surface area contributed by atoms with Crippen LogP contribution in [0.25, 0.3) is 28.2 Å². The number of carbonyl (C=O) groups excluding carboxylic acids is 1. The summed E-state index contributed by atoms with van der Waals surface area (Å²) in [7, 11) is 0. The maximum absolute atomic E-state index is 11.8. The van der Waals surface area contributed by atoms with Crippen molar-refractivity contribution in [1.82, 2.24) is 10.3 Å². The Bertz CT molecular complexity index is 1070. The zero-order valence-electron chi connectivity index (χ0n) is 13.2. The van der Waals surface area contributed by atoms with Gasteiger partial charge in [0.05, 0.1) is 4.91 Å². The van der Waals surface area contributed by atoms with Crippen molar-refractivity contribution in [1.29, 1.82) is 0 Å². The molecule has 5 nitrogen and oxygen atoms in total. The molecule has 25 heavy (non-hydrogen) atoms. The fourth-order valence-electron chi connectivity index (χ4n) is 2.65. The van der Waals surface area contributed by atoms with E-state index in [9.17, 15) is 4.79 Å². The number of aromatic nitrogens is 1. The van der Waals surface area contributed by atoms with E-state index in [1.807, 2.05) is 31.2 Å². The average Bonchev–Trinajstić information content (AvgIpc) is 3.12. The first-order chi connectivity index (χ1) is 12.0. The molecule has 0 spiro atoms. The molecule has 0 saturated carbocycles. The minimum Gasteiger partial charge on any atom is -0.456 e. The zero-order chi connectivity index (χ0) is 17.6. The summed E-state index contributed by atoms with van der Waals surface area (Å²) in [4.78, 5) is 16.6. The Balaban J connectivity index is 1.81. The van der Waals surface area contributed by atoms with E-state index in [4.69, 9.17) is 22.4 Å². The molecule has 1 aromatic carbocycles. The summed E-state index contributed by atoms with van der Waals surface area (Å²) in [5.41, 5.74) is 10.2. The van der Waals surface area contributed by atoms with Crippen LogP contribution in [0.15, 0.2) is 46.0 Å². The van der Waals surface area contributed by atoms with Crippen LogP contribution >= 0.6 is 24.0 Å². The molecule has 1 amide bonds. The quantitative estimate of drug-likeness (QED) is 0.406. The molecule has 1 aliphatic rings. The number of nitrogen functional groups attached to an aromatic ring is 1. The number of carbonyl (C=O) groups is 1. The summed E-state index contributed by atoms with van der Waals surface area (Å²) in [6.45, 7) is 1.96. The minimum absolute atomic E-state index is 0.206. The number of benzene rings is 1. The molecule has 3 heterocycles. The van der Waals surface area contributed by atoms with Crippen molar-refractivity contribution in [3.63, 3.8) is 0 Å². The van der Waals surface area contributed by atoms with Crippen LogP contribution in [0.5, 0.6) is 0 Å². The lowest BCUT2D eigenvalue weighted by molar-refractivity contribution is -0.115. The molecule has 1 aliphatic heterocycles. The second kappa shape index (κ2) is 6.02. The third kappa shape index (κ3) is 2.92. The van der Waals surface area contributed by atoms with Crippen LogP contribution in [0.3, 0.4) is 0 Å². The Morgan fingerprint density at radius 2 is 2.16 bits per heavy atom. The number of aryl methyl sites for hydroxylation is 1. The number of pyridine rings is 1. The van der Waals surface area contributed by atoms with E-state index in [1.54, 1.807) is 18.5 Å². The van der Waals surface area contributed by atoms with Gasteiger partial charge in [0.2, 0.25) is 0 Å². The molecule has 0 unspecified atom stereocenters. The van der Waals surface area contributed by atoms with Crippen LogP contribution in [0.2, 0.25) is 0 Å². The summed E-state index contributed by atoms with van der Waals surface area (Å²) < 4.78 is 6.44. The van der Waals surface area contributed by atoms with E-state index >= 15 is 0 Å². The molecular weight excluding hydrogens is 354 g/mol. The summed E-state index contributed by atoms with van der Waals surface area (Å²) >= 11 is 6.23. The lowest BCUT2D eigenvalue weighted by Crippen LogP contribution is -2.17. The average molecular weight is 367 g/mol. The van der Waals surface area contributed by atoms with Crippen molar-refractivity contribution < 1.29 is 9.21 Å². The second-order valence-corrected chi connectivity index (χ2v) is 7.40. The van der Waals surface area contributed by atoms with Gasteiger partial charge in [-0.15, -0.1) is 0 Å². The predicted octanol–water partition coefficient (Wildman–Crippen LogP) is 3.87. The summed E-state index contributed by atoms with van der Waals surface area (Å²) in [6.07, 6.45) is 5.19. The van der Waals surface area contributed by atoms with Gasteiger partial charge >= 0.3 is 0 Å². The van der Waals surface area contributed by atoms with Crippen LogP contribution in [-0.4, -0.2) is 15.2 Å². The molecule has 3 N–H and O–H groups in total. The van der Waals surface area contributed by atoms with Crippen LogP contribution in [0.1, 0.15) is 11.3 Å². The highest BCUT2D eigenvalue weighted by molar-refractivity contribution is 8.26. The SMILES string of the molecule is Cc1cc(-c2cncc3cc(C=C4SC(=S)NC4=O)oc23)ccc1N. The lowest BCUT2D eigenvalue weighted by atomic mass is 10.0. The largest absolute Gasteiger partial charge is 0.456 e. The van der Waals surface area contributed by atoms with Gasteiger partial charge in [-0.2, -0.15) is 0 Å². The summed E-state index contributed by atoms with van der Waals surface area (Å²) in [6, 6.07) is 7.68. The first kappa shape index (κ1) is 15.9. The smallest absolute Gasteiger partial charge is 0.263 e. The number of hydrogen-bond donors (Lipinski definition) is 2. The van der Waals surface area contributed by atoms with Crippen molar-refractivity contribution >= 4 is 56.9 Å². The normalized spacial score (nSPS) is 16.0. The monoisotopic (exact) mass is 367 g/mol. The first-order valence-electron chi connectivity index (χ1n) is 7.50. The second-order valence-electron chi connectivity index (χ2n) is 5.68. The molecule has 0 bridgehead atoms. The van der Waals surface area contributed by atoms with Gasteiger partial charge in [0.25, 0.3) is 5.91 Å². The van der Waals surface area contributed by atoms with Crippen molar-refractivity contribution in [2.24, 2.45) is 0 Å². The number of rotatable bonds is 2. The molecule has 1 fully saturated rings. The molecule has 2 aromatic heterocycles. The van der Waals surface area contributed by atoms with E-state index in [-0.39, 0.29) is 5.91 Å². The van der Waals surface area contributed by atoms with Crippen LogP contribution in [0.4, 0.5) is 5.69 Å². The number of nitrogens with zero attached hydrogens (tertiary/aromatic N) is 1. The first-order valence-corrected chi connectivity index (χ1v) is 8.72. The number of thioether (sulfide) groups is 1. The van der Waals surface area contributed by atoms with Gasteiger partial charge in [0, 0.05) is 35.1 Å². The van der Waals surface area contributed by atoms with Gasteiger partial charge in [0.15, 0.2) is 0 Å². The number of thiocarbonyl (C=S) groups is 1. The molecule has 7 heteroatoms. The van der Waals surface area contributed by atoms with Crippen LogP contribution < -0.4 is 11.1 Å². The highest BCUT2D eigenvalue weighted by Gasteiger charge is 2.22. The van der Waals surface area contributed by atoms with Crippen molar-refractivity contribution in [3.05, 3.63) is 52.9 Å². The highest BCUT2D eigenvalue weighted by atomic mass is 32.2. The van der Waals surface area contributed by atoms with Crippen molar-refractivity contribution in [2.45, 2.75) is 6.92 Å². The predicted molar refractivity (Wildman–Crippen MR) is 105 cm³/mol. The number of furan rings is 1. The van der Waals surface area contributed by atoms with Gasteiger partial charge in [-0.05, 0) is 36.2 Å². The van der Waals surface area contributed by atoms with Crippen LogP contribution in [-0.2, 0) is 4.79 Å². The molecule has 0 radical (unpaired) electrons. The molecule has 124 valence electrons.